The van der Waals surface area contributed by atoms with Gasteiger partial charge in [0.1, 0.15) is 12.0 Å². The van der Waals surface area contributed by atoms with Gasteiger partial charge in [-0.1, -0.05) is 55.7 Å². The molecule has 0 spiro atoms. The Morgan fingerprint density at radius 2 is 1.45 bits per heavy atom. The van der Waals surface area contributed by atoms with Gasteiger partial charge in [0, 0.05) is 11.6 Å². The van der Waals surface area contributed by atoms with Crippen molar-refractivity contribution in [2.24, 2.45) is 5.92 Å². The largest absolute Gasteiger partial charge is 0.494 e. The van der Waals surface area contributed by atoms with E-state index in [2.05, 4.69) is 29.2 Å². The van der Waals surface area contributed by atoms with E-state index in [9.17, 15) is 4.79 Å². The average Bonchev–Trinajstić information content (AvgIpc) is 2.81. The number of benzene rings is 2. The van der Waals surface area contributed by atoms with Crippen molar-refractivity contribution in [2.45, 2.75) is 57.4 Å². The lowest BCUT2D eigenvalue weighted by Crippen LogP contribution is -2.42. The zero-order chi connectivity index (χ0) is 19.9. The first-order chi connectivity index (χ1) is 14.3. The zero-order valence-electron chi connectivity index (χ0n) is 17.4. The minimum absolute atomic E-state index is 0.707. The van der Waals surface area contributed by atoms with E-state index in [0.717, 1.165) is 48.2 Å². The molecule has 2 fully saturated rings. The summed E-state index contributed by atoms with van der Waals surface area (Å²) in [4.78, 5) is 13.5. The van der Waals surface area contributed by atoms with E-state index in [4.69, 9.17) is 4.74 Å². The van der Waals surface area contributed by atoms with Gasteiger partial charge in [0.25, 0.3) is 0 Å². The summed E-state index contributed by atoms with van der Waals surface area (Å²) < 4.78 is 6.02. The third-order valence-electron chi connectivity index (χ3n) is 6.77. The maximum absolute atomic E-state index is 10.8. The number of piperidine rings is 1. The summed E-state index contributed by atoms with van der Waals surface area (Å²) in [5.41, 5.74) is 2.97. The summed E-state index contributed by atoms with van der Waals surface area (Å²) >= 11 is 0. The molecule has 0 atom stereocenters. The van der Waals surface area contributed by atoms with Crippen molar-refractivity contribution in [3.8, 4) is 16.9 Å². The van der Waals surface area contributed by atoms with Crippen molar-refractivity contribution >= 4 is 6.29 Å². The molecule has 0 amide bonds. The Hall–Kier alpha value is -2.13. The first-order valence-electron chi connectivity index (χ1n) is 11.3. The number of ether oxygens (including phenoxy) is 1. The molecule has 3 nitrogen and oxygen atoms in total. The molecule has 29 heavy (non-hydrogen) atoms. The van der Waals surface area contributed by atoms with E-state index in [-0.39, 0.29) is 0 Å². The summed E-state index contributed by atoms with van der Waals surface area (Å²) in [6, 6.07) is 16.8. The number of hydrogen-bond donors (Lipinski definition) is 0. The molecule has 0 aromatic heterocycles. The highest BCUT2D eigenvalue weighted by Gasteiger charge is 2.25. The second-order valence-electron chi connectivity index (χ2n) is 8.67. The highest BCUT2D eigenvalue weighted by molar-refractivity contribution is 5.77. The van der Waals surface area contributed by atoms with Crippen molar-refractivity contribution in [3.05, 3.63) is 54.1 Å². The monoisotopic (exact) mass is 391 g/mol. The van der Waals surface area contributed by atoms with E-state index in [1.807, 2.05) is 24.3 Å². The van der Waals surface area contributed by atoms with Crippen molar-refractivity contribution in [3.63, 3.8) is 0 Å². The van der Waals surface area contributed by atoms with E-state index < -0.39 is 0 Å². The van der Waals surface area contributed by atoms with Crippen LogP contribution in [0.1, 0.15) is 61.7 Å². The summed E-state index contributed by atoms with van der Waals surface area (Å²) in [6.07, 6.45) is 11.8. The maximum atomic E-state index is 10.8. The maximum Gasteiger partial charge on any atom is 0.150 e. The molecule has 0 N–H and O–H groups in total. The molecule has 1 aliphatic heterocycles. The number of rotatable bonds is 7. The van der Waals surface area contributed by atoms with Crippen molar-refractivity contribution in [1.82, 2.24) is 4.90 Å². The second kappa shape index (κ2) is 10.1. The predicted octanol–water partition coefficient (Wildman–Crippen LogP) is 5.98. The van der Waals surface area contributed by atoms with E-state index in [1.165, 1.54) is 58.0 Å². The zero-order valence-corrected chi connectivity index (χ0v) is 17.4. The normalized spacial score (nSPS) is 19.2. The highest BCUT2D eigenvalue weighted by atomic mass is 16.5. The number of carbonyl (C=O) groups excluding carboxylic acids is 1. The molecule has 1 heterocycles. The van der Waals surface area contributed by atoms with Gasteiger partial charge in [-0.2, -0.15) is 0 Å². The number of likely N-dealkylation sites (tertiary alicyclic amines) is 1. The van der Waals surface area contributed by atoms with E-state index >= 15 is 0 Å². The van der Waals surface area contributed by atoms with Gasteiger partial charge in [0.15, 0.2) is 0 Å². The lowest BCUT2D eigenvalue weighted by Gasteiger charge is -2.39. The molecule has 0 unspecified atom stereocenters. The Kier molecular flexibility index (Phi) is 7.00. The first kappa shape index (κ1) is 20.2. The van der Waals surface area contributed by atoms with Crippen LogP contribution in [-0.2, 0) is 0 Å². The van der Waals surface area contributed by atoms with Crippen LogP contribution in [0, 0.1) is 5.92 Å². The fourth-order valence-electron chi connectivity index (χ4n) is 4.89. The summed E-state index contributed by atoms with van der Waals surface area (Å²) in [5, 5.41) is 0. The average molecular weight is 392 g/mol. The standard InChI is InChI=1S/C26H33NO2/c28-20-22-6-8-23(9-7-22)24-10-12-26(13-11-24)29-19-16-21-14-17-27(18-15-21)25-4-2-1-3-5-25/h6-13,20-21,25H,1-5,14-19H2. The first-order valence-corrected chi connectivity index (χ1v) is 11.3. The molecule has 1 saturated carbocycles. The molecule has 2 aromatic rings. The Labute approximate surface area is 175 Å². The van der Waals surface area contributed by atoms with E-state index in [1.54, 1.807) is 0 Å². The Morgan fingerprint density at radius 3 is 2.07 bits per heavy atom. The fourth-order valence-corrected chi connectivity index (χ4v) is 4.89. The van der Waals surface area contributed by atoms with Crippen molar-refractivity contribution in [1.29, 1.82) is 0 Å². The molecule has 0 radical (unpaired) electrons. The van der Waals surface area contributed by atoms with Gasteiger partial charge in [-0.3, -0.25) is 4.79 Å². The third kappa shape index (κ3) is 5.48. The van der Waals surface area contributed by atoms with Gasteiger partial charge in [-0.25, -0.2) is 0 Å². The SMILES string of the molecule is O=Cc1ccc(-c2ccc(OCCC3CCN(C4CCCCC4)CC3)cc2)cc1. The lowest BCUT2D eigenvalue weighted by atomic mass is 9.89. The molecule has 154 valence electrons. The summed E-state index contributed by atoms with van der Waals surface area (Å²) in [7, 11) is 0. The smallest absolute Gasteiger partial charge is 0.150 e. The van der Waals surface area contributed by atoms with Crippen LogP contribution in [0.5, 0.6) is 5.75 Å². The quantitative estimate of drug-likeness (QED) is 0.544. The molecule has 0 bridgehead atoms. The van der Waals surface area contributed by atoms with Crippen molar-refractivity contribution in [2.75, 3.05) is 19.7 Å². The molecule has 1 aliphatic carbocycles. The molecule has 2 aliphatic rings. The minimum Gasteiger partial charge on any atom is -0.494 e. The Morgan fingerprint density at radius 1 is 0.828 bits per heavy atom. The summed E-state index contributed by atoms with van der Waals surface area (Å²) in [5.74, 6) is 1.75. The number of carbonyl (C=O) groups is 1. The van der Waals surface area contributed by atoms with Crippen LogP contribution in [0.4, 0.5) is 0 Å². The van der Waals surface area contributed by atoms with Gasteiger partial charge in [0.05, 0.1) is 6.61 Å². The fraction of sp³-hybridized carbons (Fsp3) is 0.500. The van der Waals surface area contributed by atoms with Gasteiger partial charge in [0.2, 0.25) is 0 Å². The summed E-state index contributed by atoms with van der Waals surface area (Å²) in [6.45, 7) is 3.38. The van der Waals surface area contributed by atoms with Gasteiger partial charge >= 0.3 is 0 Å². The predicted molar refractivity (Wildman–Crippen MR) is 119 cm³/mol. The second-order valence-corrected chi connectivity index (χ2v) is 8.67. The topological polar surface area (TPSA) is 29.5 Å². The van der Waals surface area contributed by atoms with Crippen LogP contribution in [0.25, 0.3) is 11.1 Å². The van der Waals surface area contributed by atoms with Crippen LogP contribution in [0.15, 0.2) is 48.5 Å². The molecule has 1 saturated heterocycles. The molecular weight excluding hydrogens is 358 g/mol. The number of nitrogens with zero attached hydrogens (tertiary/aromatic N) is 1. The van der Waals surface area contributed by atoms with Crippen molar-refractivity contribution < 1.29 is 9.53 Å². The Balaban J connectivity index is 1.19. The van der Waals surface area contributed by atoms with Crippen LogP contribution in [-0.4, -0.2) is 36.9 Å². The number of aldehydes is 1. The highest BCUT2D eigenvalue weighted by Crippen LogP contribution is 2.28. The number of hydrogen-bond acceptors (Lipinski definition) is 3. The molecule has 3 heteroatoms. The lowest BCUT2D eigenvalue weighted by molar-refractivity contribution is 0.0991. The van der Waals surface area contributed by atoms with Crippen LogP contribution < -0.4 is 4.74 Å². The third-order valence-corrected chi connectivity index (χ3v) is 6.77. The van der Waals surface area contributed by atoms with Crippen LogP contribution in [0.2, 0.25) is 0 Å². The Bertz CT molecular complexity index is 754. The molecular formula is C26H33NO2. The van der Waals surface area contributed by atoms with Gasteiger partial charge in [-0.05, 0) is 74.4 Å². The molecule has 4 rings (SSSR count). The van der Waals surface area contributed by atoms with Crippen LogP contribution in [0.3, 0.4) is 0 Å². The van der Waals surface area contributed by atoms with E-state index in [0.29, 0.717) is 5.56 Å². The van der Waals surface area contributed by atoms with Gasteiger partial charge < -0.3 is 9.64 Å². The molecule has 2 aromatic carbocycles. The minimum atomic E-state index is 0.707. The van der Waals surface area contributed by atoms with Gasteiger partial charge in [-0.15, -0.1) is 0 Å². The van der Waals surface area contributed by atoms with Crippen LogP contribution >= 0.6 is 0 Å².